The zero-order valence-electron chi connectivity index (χ0n) is 9.72. The number of hydrogen-bond acceptors (Lipinski definition) is 4. The molecule has 6 nitrogen and oxygen atoms in total. The van der Waals surface area contributed by atoms with E-state index in [0.29, 0.717) is 28.0 Å². The van der Waals surface area contributed by atoms with Gasteiger partial charge in [0.2, 0.25) is 0 Å². The van der Waals surface area contributed by atoms with Gasteiger partial charge in [0.05, 0.1) is 22.8 Å². The number of halogens is 2. The first kappa shape index (κ1) is 12.9. The largest absolute Gasteiger partial charge is 0.495 e. The molecule has 0 radical (unpaired) electrons. The van der Waals surface area contributed by atoms with Crippen LogP contribution in [0.5, 0.6) is 5.75 Å². The normalized spacial score (nSPS) is 10.7. The van der Waals surface area contributed by atoms with Crippen LogP contribution in [-0.2, 0) is 6.54 Å². The van der Waals surface area contributed by atoms with Crippen LogP contribution in [-0.4, -0.2) is 26.9 Å². The minimum Gasteiger partial charge on any atom is -0.495 e. The number of tetrazole rings is 1. The molecule has 0 bridgehead atoms. The van der Waals surface area contributed by atoms with Crippen molar-refractivity contribution in [3.05, 3.63) is 32.7 Å². The highest BCUT2D eigenvalue weighted by molar-refractivity contribution is 6.36. The number of rotatable bonds is 3. The third-order valence-corrected chi connectivity index (χ3v) is 2.99. The van der Waals surface area contributed by atoms with Gasteiger partial charge >= 0.3 is 5.69 Å². The van der Waals surface area contributed by atoms with Gasteiger partial charge in [-0.1, -0.05) is 23.2 Å². The Kier molecular flexibility index (Phi) is 3.58. The fourth-order valence-electron chi connectivity index (χ4n) is 1.46. The van der Waals surface area contributed by atoms with E-state index in [2.05, 4.69) is 10.4 Å². The fourth-order valence-corrected chi connectivity index (χ4v) is 2.00. The molecule has 18 heavy (non-hydrogen) atoms. The van der Waals surface area contributed by atoms with Crippen molar-refractivity contribution < 1.29 is 4.74 Å². The lowest BCUT2D eigenvalue weighted by atomic mass is 10.3. The zero-order valence-corrected chi connectivity index (χ0v) is 11.2. The highest BCUT2D eigenvalue weighted by Crippen LogP contribution is 2.31. The number of nitrogens with zero attached hydrogens (tertiary/aromatic N) is 4. The van der Waals surface area contributed by atoms with Crippen LogP contribution in [0, 0.1) is 0 Å². The third-order valence-electron chi connectivity index (χ3n) is 2.39. The van der Waals surface area contributed by atoms with Crippen LogP contribution in [0.3, 0.4) is 0 Å². The first-order chi connectivity index (χ1) is 8.58. The molecule has 1 aromatic heterocycles. The van der Waals surface area contributed by atoms with Crippen LogP contribution in [0.25, 0.3) is 5.69 Å². The molecule has 0 unspecified atom stereocenters. The molecular formula is C10H10Cl2N4O2. The quantitative estimate of drug-likeness (QED) is 0.863. The summed E-state index contributed by atoms with van der Waals surface area (Å²) in [5, 5.41) is 8.13. The van der Waals surface area contributed by atoms with Crippen LogP contribution < -0.4 is 10.4 Å². The van der Waals surface area contributed by atoms with Gasteiger partial charge in [-0.25, -0.2) is 4.79 Å². The molecule has 1 heterocycles. The van der Waals surface area contributed by atoms with E-state index in [4.69, 9.17) is 27.9 Å². The van der Waals surface area contributed by atoms with Crippen molar-refractivity contribution in [2.24, 2.45) is 0 Å². The molecule has 0 N–H and O–H groups in total. The van der Waals surface area contributed by atoms with E-state index in [1.54, 1.807) is 13.0 Å². The van der Waals surface area contributed by atoms with Crippen molar-refractivity contribution >= 4 is 23.2 Å². The Bertz CT molecular complexity index is 635. The Morgan fingerprint density at radius 2 is 2.00 bits per heavy atom. The predicted octanol–water partition coefficient (Wildman–Crippen LogP) is 1.76. The van der Waals surface area contributed by atoms with E-state index in [0.717, 1.165) is 4.68 Å². The number of benzene rings is 1. The van der Waals surface area contributed by atoms with Gasteiger partial charge in [-0.15, -0.1) is 0 Å². The summed E-state index contributed by atoms with van der Waals surface area (Å²) >= 11 is 12.0. The molecule has 0 atom stereocenters. The molecule has 0 fully saturated rings. The lowest BCUT2D eigenvalue weighted by Crippen LogP contribution is -2.23. The van der Waals surface area contributed by atoms with Gasteiger partial charge in [0.15, 0.2) is 0 Å². The van der Waals surface area contributed by atoms with Crippen LogP contribution in [0.4, 0.5) is 0 Å². The van der Waals surface area contributed by atoms with Crippen molar-refractivity contribution in [3.8, 4) is 11.4 Å². The van der Waals surface area contributed by atoms with Gasteiger partial charge in [0.25, 0.3) is 0 Å². The molecule has 1 aromatic carbocycles. The Morgan fingerprint density at radius 3 is 2.56 bits per heavy atom. The molecule has 0 saturated carbocycles. The Balaban J connectivity index is 2.63. The van der Waals surface area contributed by atoms with Crippen molar-refractivity contribution in [1.29, 1.82) is 0 Å². The lowest BCUT2D eigenvalue weighted by molar-refractivity contribution is 0.414. The second-order valence-electron chi connectivity index (χ2n) is 3.43. The van der Waals surface area contributed by atoms with Crippen molar-refractivity contribution in [3.63, 3.8) is 0 Å². The number of ether oxygens (including phenoxy) is 1. The van der Waals surface area contributed by atoms with E-state index < -0.39 is 0 Å². The summed E-state index contributed by atoms with van der Waals surface area (Å²) in [6, 6.07) is 3.04. The topological polar surface area (TPSA) is 61.9 Å². The van der Waals surface area contributed by atoms with E-state index in [1.807, 2.05) is 0 Å². The molecule has 0 amide bonds. The molecule has 0 spiro atoms. The maximum absolute atomic E-state index is 11.9. The number of aryl methyl sites for hydroxylation is 1. The monoisotopic (exact) mass is 288 g/mol. The van der Waals surface area contributed by atoms with Gasteiger partial charge < -0.3 is 4.74 Å². The second kappa shape index (κ2) is 4.99. The Morgan fingerprint density at radius 1 is 1.28 bits per heavy atom. The van der Waals surface area contributed by atoms with Crippen molar-refractivity contribution in [2.45, 2.75) is 13.5 Å². The zero-order chi connectivity index (χ0) is 13.3. The summed E-state index contributed by atoms with van der Waals surface area (Å²) in [7, 11) is 1.48. The Hall–Kier alpha value is -1.53. The van der Waals surface area contributed by atoms with E-state index in [9.17, 15) is 4.79 Å². The molecule has 96 valence electrons. The smallest absolute Gasteiger partial charge is 0.368 e. The van der Waals surface area contributed by atoms with E-state index >= 15 is 0 Å². The summed E-state index contributed by atoms with van der Waals surface area (Å²) < 4.78 is 7.40. The minimum absolute atomic E-state index is 0.297. The molecule has 0 aliphatic rings. The molecule has 0 saturated heterocycles. The van der Waals surface area contributed by atoms with Crippen molar-refractivity contribution in [1.82, 2.24) is 19.8 Å². The van der Waals surface area contributed by atoms with Crippen molar-refractivity contribution in [2.75, 3.05) is 7.11 Å². The standard InChI is InChI=1S/C10H10Cl2N4O2/c1-3-15-10(17)16(14-13-15)8-5-9(18-2)7(12)4-6(8)11/h4-5H,3H2,1-2H3. The van der Waals surface area contributed by atoms with Crippen LogP contribution in [0.2, 0.25) is 10.0 Å². The second-order valence-corrected chi connectivity index (χ2v) is 4.24. The average molecular weight is 289 g/mol. The van der Waals surface area contributed by atoms with Crippen LogP contribution in [0.1, 0.15) is 6.92 Å². The lowest BCUT2D eigenvalue weighted by Gasteiger charge is -2.07. The number of hydrogen-bond donors (Lipinski definition) is 0. The molecule has 0 aliphatic carbocycles. The number of aromatic nitrogens is 4. The predicted molar refractivity (Wildman–Crippen MR) is 67.9 cm³/mol. The van der Waals surface area contributed by atoms with E-state index in [-0.39, 0.29) is 5.69 Å². The molecule has 2 aromatic rings. The van der Waals surface area contributed by atoms with Gasteiger partial charge in [-0.2, -0.15) is 9.36 Å². The maximum Gasteiger partial charge on any atom is 0.368 e. The summed E-state index contributed by atoms with van der Waals surface area (Å²) in [5.74, 6) is 0.411. The molecular weight excluding hydrogens is 279 g/mol. The number of methoxy groups -OCH3 is 1. The first-order valence-electron chi connectivity index (χ1n) is 5.14. The van der Waals surface area contributed by atoms with Gasteiger partial charge in [0, 0.05) is 12.6 Å². The Labute approximate surface area is 113 Å². The summed E-state index contributed by atoms with van der Waals surface area (Å²) in [4.78, 5) is 11.9. The molecule has 2 rings (SSSR count). The summed E-state index contributed by atoms with van der Waals surface area (Å²) in [6.45, 7) is 2.23. The van der Waals surface area contributed by atoms with E-state index in [1.165, 1.54) is 17.9 Å². The molecule has 8 heteroatoms. The first-order valence-corrected chi connectivity index (χ1v) is 5.90. The third kappa shape index (κ3) is 2.09. The fraction of sp³-hybridized carbons (Fsp3) is 0.300. The van der Waals surface area contributed by atoms with Gasteiger partial charge in [-0.3, -0.25) is 0 Å². The maximum atomic E-state index is 11.9. The SMILES string of the molecule is CCn1nnn(-c2cc(OC)c(Cl)cc2Cl)c1=O. The van der Waals surface area contributed by atoms with Gasteiger partial charge in [0.1, 0.15) is 5.75 Å². The average Bonchev–Trinajstić information content (AvgIpc) is 2.71. The summed E-state index contributed by atoms with van der Waals surface area (Å²) in [5.41, 5.74) is 0.00592. The highest BCUT2D eigenvalue weighted by atomic mass is 35.5. The summed E-state index contributed by atoms with van der Waals surface area (Å²) in [6.07, 6.45) is 0. The molecule has 0 aliphatic heterocycles. The highest BCUT2D eigenvalue weighted by Gasteiger charge is 2.14. The minimum atomic E-state index is -0.372. The van der Waals surface area contributed by atoms with Crippen LogP contribution in [0.15, 0.2) is 16.9 Å². The van der Waals surface area contributed by atoms with Crippen LogP contribution >= 0.6 is 23.2 Å². The van der Waals surface area contributed by atoms with Gasteiger partial charge in [-0.05, 0) is 23.4 Å².